The fourth-order valence-corrected chi connectivity index (χ4v) is 2.75. The highest BCUT2D eigenvalue weighted by atomic mass is 32.2. The standard InChI is InChI=1S/C17H18N2O6S/c1-2-24-14-7-9-15(10-8-14)26(22,23)19-18-11-13-5-3-4-6-16(13)25-12-17(20)21/h3-11,19H,2,12H2,1H3,(H,20,21)/p-1/b18-11-. The van der Waals surface area contributed by atoms with Gasteiger partial charge in [-0.25, -0.2) is 4.83 Å². The van der Waals surface area contributed by atoms with Gasteiger partial charge in [0, 0.05) is 5.56 Å². The third kappa shape index (κ3) is 5.49. The Balaban J connectivity index is 2.08. The van der Waals surface area contributed by atoms with E-state index in [9.17, 15) is 18.3 Å². The Kier molecular flexibility index (Phi) is 6.56. The van der Waals surface area contributed by atoms with Crippen LogP contribution >= 0.6 is 0 Å². The van der Waals surface area contributed by atoms with Crippen LogP contribution in [0.3, 0.4) is 0 Å². The number of hydrogen-bond acceptors (Lipinski definition) is 7. The van der Waals surface area contributed by atoms with E-state index >= 15 is 0 Å². The number of ether oxygens (including phenoxy) is 2. The first-order chi connectivity index (χ1) is 12.4. The van der Waals surface area contributed by atoms with Crippen molar-refractivity contribution in [1.82, 2.24) is 4.83 Å². The van der Waals surface area contributed by atoms with E-state index in [-0.39, 0.29) is 10.6 Å². The van der Waals surface area contributed by atoms with Gasteiger partial charge in [0.05, 0.1) is 23.7 Å². The van der Waals surface area contributed by atoms with E-state index in [0.717, 1.165) is 0 Å². The van der Waals surface area contributed by atoms with Crippen molar-refractivity contribution in [2.24, 2.45) is 5.10 Å². The Labute approximate surface area is 151 Å². The van der Waals surface area contributed by atoms with Gasteiger partial charge >= 0.3 is 0 Å². The Morgan fingerprint density at radius 2 is 1.85 bits per heavy atom. The van der Waals surface area contributed by atoms with Gasteiger partial charge in [-0.2, -0.15) is 13.5 Å². The molecule has 0 amide bonds. The second kappa shape index (κ2) is 8.86. The number of carbonyl (C=O) groups excluding carboxylic acids is 1. The Morgan fingerprint density at radius 3 is 2.50 bits per heavy atom. The van der Waals surface area contributed by atoms with E-state index in [0.29, 0.717) is 17.9 Å². The predicted octanol–water partition coefficient (Wildman–Crippen LogP) is 0.526. The molecule has 0 atom stereocenters. The van der Waals surface area contributed by atoms with Crippen LogP contribution in [0.5, 0.6) is 11.5 Å². The molecular weight excluding hydrogens is 360 g/mol. The number of nitrogens with one attached hydrogen (secondary N) is 1. The van der Waals surface area contributed by atoms with Crippen LogP contribution in [0.4, 0.5) is 0 Å². The zero-order valence-electron chi connectivity index (χ0n) is 13.9. The summed E-state index contributed by atoms with van der Waals surface area (Å²) < 4.78 is 34.7. The van der Waals surface area contributed by atoms with Crippen LogP contribution in [0, 0.1) is 0 Å². The minimum atomic E-state index is -3.85. The Bertz CT molecular complexity index is 878. The van der Waals surface area contributed by atoms with E-state index < -0.39 is 22.6 Å². The number of sulfonamides is 1. The van der Waals surface area contributed by atoms with Gasteiger partial charge in [-0.3, -0.25) is 0 Å². The number of benzene rings is 2. The fourth-order valence-electron chi connectivity index (χ4n) is 1.95. The lowest BCUT2D eigenvalue weighted by Crippen LogP contribution is -2.29. The molecular formula is C17H17N2O6S-. The summed E-state index contributed by atoms with van der Waals surface area (Å²) in [5.41, 5.74) is 0.406. The molecule has 0 aromatic heterocycles. The molecule has 2 aromatic rings. The zero-order chi connectivity index (χ0) is 19.0. The smallest absolute Gasteiger partial charge is 0.276 e. The number of para-hydroxylation sites is 1. The van der Waals surface area contributed by atoms with Gasteiger partial charge in [0.2, 0.25) is 0 Å². The number of hydrazone groups is 1. The second-order valence-electron chi connectivity index (χ2n) is 4.96. The van der Waals surface area contributed by atoms with Crippen LogP contribution in [0.2, 0.25) is 0 Å². The first kappa shape index (κ1) is 19.3. The molecule has 0 radical (unpaired) electrons. The van der Waals surface area contributed by atoms with E-state index in [1.54, 1.807) is 30.3 Å². The summed E-state index contributed by atoms with van der Waals surface area (Å²) >= 11 is 0. The van der Waals surface area contributed by atoms with Crippen molar-refractivity contribution in [3.63, 3.8) is 0 Å². The molecule has 0 bridgehead atoms. The number of rotatable bonds is 9. The average Bonchev–Trinajstić information content (AvgIpc) is 2.61. The summed E-state index contributed by atoms with van der Waals surface area (Å²) in [7, 11) is -3.85. The lowest BCUT2D eigenvalue weighted by Gasteiger charge is -2.09. The summed E-state index contributed by atoms with van der Waals surface area (Å²) in [5.74, 6) is -0.567. The van der Waals surface area contributed by atoms with Crippen LogP contribution < -0.4 is 19.4 Å². The molecule has 0 aliphatic heterocycles. The summed E-state index contributed by atoms with van der Waals surface area (Å²) in [4.78, 5) is 12.6. The number of carbonyl (C=O) groups is 1. The van der Waals surface area contributed by atoms with Gasteiger partial charge in [0.15, 0.2) is 0 Å². The van der Waals surface area contributed by atoms with Crippen molar-refractivity contribution in [1.29, 1.82) is 0 Å². The molecule has 1 N–H and O–H groups in total. The van der Waals surface area contributed by atoms with E-state index in [4.69, 9.17) is 9.47 Å². The first-order valence-electron chi connectivity index (χ1n) is 7.62. The molecule has 0 fully saturated rings. The van der Waals surface area contributed by atoms with Crippen LogP contribution in [-0.2, 0) is 14.8 Å². The zero-order valence-corrected chi connectivity index (χ0v) is 14.7. The monoisotopic (exact) mass is 377 g/mol. The van der Waals surface area contributed by atoms with Gasteiger partial charge in [-0.15, -0.1) is 0 Å². The van der Waals surface area contributed by atoms with Crippen molar-refractivity contribution in [2.75, 3.05) is 13.2 Å². The molecule has 2 aromatic carbocycles. The SMILES string of the molecule is CCOc1ccc(S(=O)(=O)N/N=C\c2ccccc2OCC(=O)[O-])cc1. The number of carboxylic acids is 1. The predicted molar refractivity (Wildman–Crippen MR) is 92.5 cm³/mol. The Morgan fingerprint density at radius 1 is 1.15 bits per heavy atom. The molecule has 8 nitrogen and oxygen atoms in total. The lowest BCUT2D eigenvalue weighted by atomic mass is 10.2. The molecule has 0 heterocycles. The van der Waals surface area contributed by atoms with Crippen molar-refractivity contribution >= 4 is 22.2 Å². The molecule has 9 heteroatoms. The van der Waals surface area contributed by atoms with Crippen LogP contribution in [0.15, 0.2) is 58.5 Å². The lowest BCUT2D eigenvalue weighted by molar-refractivity contribution is -0.307. The highest BCUT2D eigenvalue weighted by Gasteiger charge is 2.12. The summed E-state index contributed by atoms with van der Waals surface area (Å²) in [5, 5.41) is 14.2. The summed E-state index contributed by atoms with van der Waals surface area (Å²) in [6.45, 7) is 1.69. The van der Waals surface area contributed by atoms with Gasteiger partial charge < -0.3 is 19.4 Å². The number of nitrogens with zero attached hydrogens (tertiary/aromatic N) is 1. The second-order valence-corrected chi connectivity index (χ2v) is 6.62. The molecule has 0 aliphatic carbocycles. The van der Waals surface area contributed by atoms with Gasteiger partial charge in [-0.1, -0.05) is 12.1 Å². The molecule has 0 saturated heterocycles. The molecule has 0 aliphatic rings. The largest absolute Gasteiger partial charge is 0.546 e. The third-order valence-electron chi connectivity index (χ3n) is 3.09. The highest BCUT2D eigenvalue weighted by Crippen LogP contribution is 2.17. The maximum Gasteiger partial charge on any atom is 0.276 e. The summed E-state index contributed by atoms with van der Waals surface area (Å²) in [6.07, 6.45) is 1.22. The summed E-state index contributed by atoms with van der Waals surface area (Å²) in [6, 6.07) is 12.3. The number of aliphatic carboxylic acids is 1. The highest BCUT2D eigenvalue weighted by molar-refractivity contribution is 7.89. The maximum atomic E-state index is 12.2. The molecule has 0 unspecified atom stereocenters. The van der Waals surface area contributed by atoms with Gasteiger partial charge in [0.25, 0.3) is 10.0 Å². The molecule has 26 heavy (non-hydrogen) atoms. The van der Waals surface area contributed by atoms with Crippen molar-refractivity contribution in [3.05, 3.63) is 54.1 Å². The van der Waals surface area contributed by atoms with Gasteiger partial charge in [-0.05, 0) is 43.3 Å². The molecule has 138 valence electrons. The van der Waals surface area contributed by atoms with E-state index in [1.807, 2.05) is 6.92 Å². The van der Waals surface area contributed by atoms with Crippen LogP contribution in [0.25, 0.3) is 0 Å². The van der Waals surface area contributed by atoms with E-state index in [1.165, 1.54) is 24.4 Å². The fraction of sp³-hybridized carbons (Fsp3) is 0.176. The number of hydrogen-bond donors (Lipinski definition) is 1. The quantitative estimate of drug-likeness (QED) is 0.503. The first-order valence-corrected chi connectivity index (χ1v) is 9.10. The number of carboxylic acid groups (broad SMARTS) is 1. The van der Waals surface area contributed by atoms with Gasteiger partial charge in [0.1, 0.15) is 18.1 Å². The molecule has 0 saturated carbocycles. The van der Waals surface area contributed by atoms with Crippen LogP contribution in [0.1, 0.15) is 12.5 Å². The normalized spacial score (nSPS) is 11.3. The topological polar surface area (TPSA) is 117 Å². The average molecular weight is 377 g/mol. The third-order valence-corrected chi connectivity index (χ3v) is 4.32. The minimum Gasteiger partial charge on any atom is -0.546 e. The van der Waals surface area contributed by atoms with Crippen molar-refractivity contribution in [2.45, 2.75) is 11.8 Å². The Hall–Kier alpha value is -3.07. The minimum absolute atomic E-state index is 0.0274. The van der Waals surface area contributed by atoms with Crippen molar-refractivity contribution < 1.29 is 27.8 Å². The van der Waals surface area contributed by atoms with E-state index in [2.05, 4.69) is 9.93 Å². The maximum absolute atomic E-state index is 12.2. The van der Waals surface area contributed by atoms with Crippen LogP contribution in [-0.4, -0.2) is 33.8 Å². The molecule has 2 rings (SSSR count). The molecule has 0 spiro atoms. The van der Waals surface area contributed by atoms with Crippen molar-refractivity contribution in [3.8, 4) is 11.5 Å².